The average Bonchev–Trinajstić information content (AvgIpc) is 3.30. The molecule has 0 saturated carbocycles. The van der Waals surface area contributed by atoms with Crippen LogP contribution in [0.5, 0.6) is 0 Å². The molecular weight excluding hydrogens is 805 g/mol. The highest BCUT2D eigenvalue weighted by Gasteiger charge is 2.19. The Kier molecular flexibility index (Phi) is 50.4. The molecule has 0 aliphatic rings. The van der Waals surface area contributed by atoms with Crippen LogP contribution in [0, 0.1) is 0 Å². The fourth-order valence-corrected chi connectivity index (χ4v) is 7.33. The minimum Gasteiger partial charge on any atom is -0.462 e. The summed E-state index contributed by atoms with van der Waals surface area (Å²) in [7, 11) is 0. The van der Waals surface area contributed by atoms with Gasteiger partial charge in [-0.05, 0) is 89.9 Å². The van der Waals surface area contributed by atoms with E-state index in [-0.39, 0.29) is 37.5 Å². The summed E-state index contributed by atoms with van der Waals surface area (Å²) in [5.41, 5.74) is 0. The van der Waals surface area contributed by atoms with E-state index in [1.165, 1.54) is 103 Å². The molecule has 0 aromatic rings. The van der Waals surface area contributed by atoms with Gasteiger partial charge in [0.2, 0.25) is 0 Å². The van der Waals surface area contributed by atoms with Crippen LogP contribution in [0.25, 0.3) is 0 Å². The molecule has 0 aliphatic carbocycles. The number of carbonyl (C=O) groups is 3. The second kappa shape index (κ2) is 53.2. The number of hydrogen-bond donors (Lipinski definition) is 0. The predicted octanol–water partition coefficient (Wildman–Crippen LogP) is 18.0. The minimum atomic E-state index is -0.810. The van der Waals surface area contributed by atoms with Crippen LogP contribution < -0.4 is 0 Å². The van der Waals surface area contributed by atoms with Crippen LogP contribution in [-0.4, -0.2) is 37.2 Å². The van der Waals surface area contributed by atoms with E-state index in [1.54, 1.807) is 0 Å². The maximum Gasteiger partial charge on any atom is 0.306 e. The van der Waals surface area contributed by atoms with E-state index in [2.05, 4.69) is 106 Å². The lowest BCUT2D eigenvalue weighted by molar-refractivity contribution is -0.167. The van der Waals surface area contributed by atoms with Crippen molar-refractivity contribution in [3.63, 3.8) is 0 Å². The zero-order chi connectivity index (χ0) is 47.2. The average molecular weight is 905 g/mol. The topological polar surface area (TPSA) is 78.9 Å². The molecule has 1 atom stereocenters. The third-order valence-electron chi connectivity index (χ3n) is 11.4. The third kappa shape index (κ3) is 51.4. The monoisotopic (exact) mass is 905 g/mol. The molecule has 6 heteroatoms. The van der Waals surface area contributed by atoms with Crippen molar-refractivity contribution in [1.82, 2.24) is 0 Å². The van der Waals surface area contributed by atoms with Crippen LogP contribution in [0.2, 0.25) is 0 Å². The van der Waals surface area contributed by atoms with Gasteiger partial charge in [0.25, 0.3) is 0 Å². The normalized spacial score (nSPS) is 12.7. The van der Waals surface area contributed by atoms with Gasteiger partial charge in [0, 0.05) is 19.3 Å². The maximum absolute atomic E-state index is 12.8. The predicted molar refractivity (Wildman–Crippen MR) is 279 cm³/mol. The van der Waals surface area contributed by atoms with Gasteiger partial charge in [-0.2, -0.15) is 0 Å². The van der Waals surface area contributed by atoms with Gasteiger partial charge in [-0.25, -0.2) is 0 Å². The Bertz CT molecular complexity index is 1270. The first-order valence-electron chi connectivity index (χ1n) is 27.1. The van der Waals surface area contributed by atoms with Crippen molar-refractivity contribution in [3.8, 4) is 0 Å². The van der Waals surface area contributed by atoms with Gasteiger partial charge in [-0.3, -0.25) is 14.4 Å². The number of hydrogen-bond acceptors (Lipinski definition) is 6. The molecular formula is C59H100O6. The molecule has 0 radical (unpaired) electrons. The van der Waals surface area contributed by atoms with Crippen molar-refractivity contribution in [2.24, 2.45) is 0 Å². The van der Waals surface area contributed by atoms with E-state index in [0.29, 0.717) is 19.3 Å². The van der Waals surface area contributed by atoms with Gasteiger partial charge in [0.1, 0.15) is 13.2 Å². The molecule has 372 valence electrons. The van der Waals surface area contributed by atoms with Gasteiger partial charge in [0.15, 0.2) is 6.10 Å². The van der Waals surface area contributed by atoms with Crippen LogP contribution in [0.3, 0.4) is 0 Å². The fourth-order valence-electron chi connectivity index (χ4n) is 7.33. The first-order valence-corrected chi connectivity index (χ1v) is 27.1. The molecule has 0 unspecified atom stereocenters. The Morgan fingerprint density at radius 1 is 0.323 bits per heavy atom. The van der Waals surface area contributed by atoms with Gasteiger partial charge in [-0.15, -0.1) is 0 Å². The zero-order valence-corrected chi connectivity index (χ0v) is 42.5. The largest absolute Gasteiger partial charge is 0.462 e. The van der Waals surface area contributed by atoms with Crippen LogP contribution in [0.15, 0.2) is 85.1 Å². The summed E-state index contributed by atoms with van der Waals surface area (Å²) in [4.78, 5) is 38.0. The van der Waals surface area contributed by atoms with Crippen LogP contribution >= 0.6 is 0 Å². The van der Waals surface area contributed by atoms with E-state index >= 15 is 0 Å². The Morgan fingerprint density at radius 3 is 1.02 bits per heavy atom. The first kappa shape index (κ1) is 61.6. The van der Waals surface area contributed by atoms with Crippen molar-refractivity contribution in [1.29, 1.82) is 0 Å². The summed E-state index contributed by atoms with van der Waals surface area (Å²) in [6.45, 7) is 6.45. The van der Waals surface area contributed by atoms with Crippen molar-refractivity contribution < 1.29 is 28.6 Å². The maximum atomic E-state index is 12.8. The van der Waals surface area contributed by atoms with E-state index in [0.717, 1.165) is 103 Å². The lowest BCUT2D eigenvalue weighted by Gasteiger charge is -2.18. The van der Waals surface area contributed by atoms with Crippen LogP contribution in [0.1, 0.15) is 252 Å². The minimum absolute atomic E-state index is 0.102. The first-order chi connectivity index (χ1) is 32.0. The summed E-state index contributed by atoms with van der Waals surface area (Å²) in [5, 5.41) is 0. The lowest BCUT2D eigenvalue weighted by Crippen LogP contribution is -2.30. The standard InChI is InChI=1S/C59H100O6/c1-4-7-10-13-16-19-22-25-28-29-32-35-38-41-44-47-50-53-59(62)65-56(54-63-57(60)51-48-45-42-39-36-33-30-26-23-20-17-14-11-8-5-2)55-64-58(61)52-49-46-43-40-37-34-31-27-24-21-18-15-12-9-6-3/h7,10,16-17,19-20,25-26,28,30,32,35,41,44,56H,4-6,8-9,11-15,18,21-24,27,29,31,33-34,36-40,42-43,45-55H2,1-3H3/b10-7-,19-16-,20-17-,28-25-,30-26-,35-32-,44-41-/t56-/m1/s1. The van der Waals surface area contributed by atoms with Crippen molar-refractivity contribution in [2.45, 2.75) is 258 Å². The number of rotatable bonds is 48. The molecule has 0 fully saturated rings. The van der Waals surface area contributed by atoms with Crippen molar-refractivity contribution in [3.05, 3.63) is 85.1 Å². The Morgan fingerprint density at radius 2 is 0.615 bits per heavy atom. The molecule has 0 N–H and O–H groups in total. The molecule has 6 nitrogen and oxygen atoms in total. The second-order valence-electron chi connectivity index (χ2n) is 17.8. The molecule has 0 aliphatic heterocycles. The summed E-state index contributed by atoms with van der Waals surface area (Å²) in [6, 6.07) is 0. The zero-order valence-electron chi connectivity index (χ0n) is 42.5. The third-order valence-corrected chi connectivity index (χ3v) is 11.4. The van der Waals surface area contributed by atoms with Gasteiger partial charge >= 0.3 is 17.9 Å². The molecule has 0 spiro atoms. The van der Waals surface area contributed by atoms with Crippen LogP contribution in [0.4, 0.5) is 0 Å². The molecule has 0 saturated heterocycles. The van der Waals surface area contributed by atoms with Crippen LogP contribution in [-0.2, 0) is 28.6 Å². The number of esters is 3. The highest BCUT2D eigenvalue weighted by Crippen LogP contribution is 2.15. The highest BCUT2D eigenvalue weighted by atomic mass is 16.6. The van der Waals surface area contributed by atoms with Gasteiger partial charge in [0.05, 0.1) is 0 Å². The van der Waals surface area contributed by atoms with E-state index in [4.69, 9.17) is 14.2 Å². The Hall–Kier alpha value is -3.41. The summed E-state index contributed by atoms with van der Waals surface area (Å²) >= 11 is 0. The molecule has 0 aromatic heterocycles. The lowest BCUT2D eigenvalue weighted by atomic mass is 10.0. The molecule has 65 heavy (non-hydrogen) atoms. The Balaban J connectivity index is 4.50. The number of allylic oxidation sites excluding steroid dienone is 14. The highest BCUT2D eigenvalue weighted by molar-refractivity contribution is 5.71. The SMILES string of the molecule is CC/C=C\C/C=C\C/C=C\C/C=C\C/C=C\CCCC(=O)O[C@H](COC(=O)CCCCCCC/C=C\C/C=C\CCCCC)COC(=O)CCCCCCCCCCCCCCCCC. The smallest absolute Gasteiger partial charge is 0.306 e. The Labute approximate surface area is 401 Å². The van der Waals surface area contributed by atoms with Gasteiger partial charge < -0.3 is 14.2 Å². The van der Waals surface area contributed by atoms with Crippen molar-refractivity contribution >= 4 is 17.9 Å². The van der Waals surface area contributed by atoms with Gasteiger partial charge in [-0.1, -0.05) is 228 Å². The molecule has 0 aromatic carbocycles. The summed E-state index contributed by atoms with van der Waals surface area (Å²) in [5.74, 6) is -0.972. The fraction of sp³-hybridized carbons (Fsp3) is 0.712. The van der Waals surface area contributed by atoms with E-state index in [1.807, 2.05) is 0 Å². The molecule has 0 heterocycles. The number of unbranched alkanes of at least 4 members (excludes halogenated alkanes) is 23. The molecule has 0 amide bonds. The molecule has 0 rings (SSSR count). The van der Waals surface area contributed by atoms with Crippen molar-refractivity contribution in [2.75, 3.05) is 13.2 Å². The summed E-state index contributed by atoms with van der Waals surface area (Å²) in [6.07, 6.45) is 68.5. The second-order valence-corrected chi connectivity index (χ2v) is 17.8. The summed E-state index contributed by atoms with van der Waals surface area (Å²) < 4.78 is 16.8. The molecule has 0 bridgehead atoms. The quantitative estimate of drug-likeness (QED) is 0.0262. The van der Waals surface area contributed by atoms with E-state index < -0.39 is 6.10 Å². The van der Waals surface area contributed by atoms with E-state index in [9.17, 15) is 14.4 Å². The number of carbonyl (C=O) groups excluding carboxylic acids is 3. The number of ether oxygens (including phenoxy) is 3.